The van der Waals surface area contributed by atoms with Crippen LogP contribution < -0.4 is 5.73 Å². The molecule has 2 aliphatic rings. The van der Waals surface area contributed by atoms with E-state index in [4.69, 9.17) is 5.73 Å². The number of amides is 2. The number of fused-ring (bicyclic) bond motifs is 1. The first kappa shape index (κ1) is 15.0. The molecule has 2 amide bonds. The molecule has 2 N–H and O–H groups in total. The van der Waals surface area contributed by atoms with Crippen LogP contribution >= 0.6 is 0 Å². The molecule has 0 spiro atoms. The molecule has 118 valence electrons. The van der Waals surface area contributed by atoms with Gasteiger partial charge in [-0.25, -0.2) is 0 Å². The van der Waals surface area contributed by atoms with E-state index in [2.05, 4.69) is 11.0 Å². The van der Waals surface area contributed by atoms with Crippen molar-refractivity contribution in [2.75, 3.05) is 33.2 Å². The van der Waals surface area contributed by atoms with Gasteiger partial charge in [-0.3, -0.25) is 9.59 Å². The van der Waals surface area contributed by atoms with Crippen molar-refractivity contribution in [1.82, 2.24) is 9.80 Å². The molecule has 0 bridgehead atoms. The fourth-order valence-electron chi connectivity index (χ4n) is 3.43. The number of likely N-dealkylation sites (N-methyl/N-ethyl adjacent to an activating group) is 1. The lowest BCUT2D eigenvalue weighted by Gasteiger charge is -2.23. The van der Waals surface area contributed by atoms with Gasteiger partial charge in [0.25, 0.3) is 5.91 Å². The van der Waals surface area contributed by atoms with Crippen molar-refractivity contribution in [3.05, 3.63) is 34.9 Å². The zero-order valence-electron chi connectivity index (χ0n) is 13.0. The Kier molecular flexibility index (Phi) is 4.16. The Morgan fingerprint density at radius 1 is 1.14 bits per heavy atom. The molecular weight excluding hydrogens is 278 g/mol. The maximum absolute atomic E-state index is 12.8. The summed E-state index contributed by atoms with van der Waals surface area (Å²) in [5.41, 5.74) is 8.86. The average molecular weight is 301 g/mol. The Morgan fingerprint density at radius 2 is 1.91 bits per heavy atom. The van der Waals surface area contributed by atoms with E-state index in [1.54, 1.807) is 4.90 Å². The summed E-state index contributed by atoms with van der Waals surface area (Å²) < 4.78 is 0. The normalized spacial score (nSPS) is 22.2. The van der Waals surface area contributed by atoms with Crippen LogP contribution in [0.15, 0.2) is 18.2 Å². The maximum atomic E-state index is 12.8. The van der Waals surface area contributed by atoms with E-state index in [0.717, 1.165) is 24.9 Å². The van der Waals surface area contributed by atoms with E-state index < -0.39 is 0 Å². The van der Waals surface area contributed by atoms with Crippen LogP contribution in [0.3, 0.4) is 0 Å². The highest BCUT2D eigenvalue weighted by atomic mass is 16.2. The van der Waals surface area contributed by atoms with Gasteiger partial charge in [0.1, 0.15) is 0 Å². The summed E-state index contributed by atoms with van der Waals surface area (Å²) in [5, 5.41) is 0. The lowest BCUT2D eigenvalue weighted by Crippen LogP contribution is -2.40. The molecule has 1 aliphatic heterocycles. The van der Waals surface area contributed by atoms with Crippen molar-refractivity contribution in [2.45, 2.75) is 19.3 Å². The Balaban J connectivity index is 1.79. The van der Waals surface area contributed by atoms with Crippen molar-refractivity contribution < 1.29 is 9.59 Å². The molecule has 1 heterocycles. The van der Waals surface area contributed by atoms with E-state index in [-0.39, 0.29) is 17.7 Å². The molecular formula is C17H23N3O2. The summed E-state index contributed by atoms with van der Waals surface area (Å²) >= 11 is 0. The van der Waals surface area contributed by atoms with Crippen molar-refractivity contribution in [3.63, 3.8) is 0 Å². The number of benzene rings is 1. The average Bonchev–Trinajstić information content (AvgIpc) is 2.87. The van der Waals surface area contributed by atoms with Crippen LogP contribution in [-0.4, -0.2) is 54.8 Å². The van der Waals surface area contributed by atoms with Gasteiger partial charge in [-0.15, -0.1) is 0 Å². The molecule has 5 nitrogen and oxygen atoms in total. The molecule has 0 saturated carbocycles. The van der Waals surface area contributed by atoms with E-state index in [9.17, 15) is 9.59 Å². The van der Waals surface area contributed by atoms with Crippen molar-refractivity contribution in [1.29, 1.82) is 0 Å². The first-order valence-electron chi connectivity index (χ1n) is 7.93. The van der Waals surface area contributed by atoms with Gasteiger partial charge in [0.2, 0.25) is 5.91 Å². The molecule has 1 saturated heterocycles. The first-order chi connectivity index (χ1) is 10.5. The molecule has 22 heavy (non-hydrogen) atoms. The zero-order chi connectivity index (χ0) is 15.7. The predicted molar refractivity (Wildman–Crippen MR) is 84.6 cm³/mol. The number of carbonyl (C=O) groups excluding carboxylic acids is 2. The minimum Gasteiger partial charge on any atom is -0.369 e. The minimum absolute atomic E-state index is 0.0104. The topological polar surface area (TPSA) is 66.6 Å². The molecule has 1 aromatic carbocycles. The number of aryl methyl sites for hydroxylation is 2. The van der Waals surface area contributed by atoms with Crippen LogP contribution in [0, 0.1) is 5.92 Å². The number of primary amides is 1. The van der Waals surface area contributed by atoms with Crippen molar-refractivity contribution in [3.8, 4) is 0 Å². The molecule has 1 atom stereocenters. The first-order valence-corrected chi connectivity index (χ1v) is 7.93. The van der Waals surface area contributed by atoms with Gasteiger partial charge in [0.05, 0.1) is 5.92 Å². The second-order valence-electron chi connectivity index (χ2n) is 6.45. The van der Waals surface area contributed by atoms with Crippen LogP contribution in [0.1, 0.15) is 27.9 Å². The smallest absolute Gasteiger partial charge is 0.253 e. The van der Waals surface area contributed by atoms with Gasteiger partial charge < -0.3 is 15.5 Å². The molecule has 5 heteroatoms. The zero-order valence-corrected chi connectivity index (χ0v) is 13.0. The van der Waals surface area contributed by atoms with Crippen LogP contribution in [-0.2, 0) is 17.6 Å². The second-order valence-corrected chi connectivity index (χ2v) is 6.45. The lowest BCUT2D eigenvalue weighted by molar-refractivity contribution is -0.122. The summed E-state index contributed by atoms with van der Waals surface area (Å²) in [6.45, 7) is 2.43. The van der Waals surface area contributed by atoms with Gasteiger partial charge >= 0.3 is 0 Å². The van der Waals surface area contributed by atoms with E-state index in [1.165, 1.54) is 17.5 Å². The van der Waals surface area contributed by atoms with Gasteiger partial charge in [0, 0.05) is 31.7 Å². The maximum Gasteiger partial charge on any atom is 0.253 e. The second kappa shape index (κ2) is 6.08. The van der Waals surface area contributed by atoms with Crippen LogP contribution in [0.25, 0.3) is 0 Å². The fourth-order valence-corrected chi connectivity index (χ4v) is 3.43. The third-order valence-electron chi connectivity index (χ3n) is 4.76. The molecule has 3 rings (SSSR count). The molecule has 1 aromatic rings. The number of hydrogen-bond acceptors (Lipinski definition) is 3. The third-order valence-corrected chi connectivity index (χ3v) is 4.76. The molecule has 1 fully saturated rings. The summed E-state index contributed by atoms with van der Waals surface area (Å²) in [4.78, 5) is 28.2. The molecule has 0 aromatic heterocycles. The summed E-state index contributed by atoms with van der Waals surface area (Å²) in [7, 11) is 1.96. The van der Waals surface area contributed by atoms with E-state index in [1.807, 2.05) is 19.2 Å². The van der Waals surface area contributed by atoms with E-state index in [0.29, 0.717) is 19.6 Å². The quantitative estimate of drug-likeness (QED) is 0.873. The highest BCUT2D eigenvalue weighted by Crippen LogP contribution is 2.23. The largest absolute Gasteiger partial charge is 0.369 e. The van der Waals surface area contributed by atoms with Gasteiger partial charge in [-0.05, 0) is 49.6 Å². The Labute approximate surface area is 131 Å². The Hall–Kier alpha value is -1.88. The summed E-state index contributed by atoms with van der Waals surface area (Å²) in [6.07, 6.45) is 3.34. The van der Waals surface area contributed by atoms with Crippen molar-refractivity contribution >= 4 is 11.8 Å². The van der Waals surface area contributed by atoms with Crippen LogP contribution in [0.2, 0.25) is 0 Å². The van der Waals surface area contributed by atoms with Gasteiger partial charge in [0.15, 0.2) is 0 Å². The number of nitrogens with zero attached hydrogens (tertiary/aromatic N) is 2. The number of hydrogen-bond donors (Lipinski definition) is 1. The highest BCUT2D eigenvalue weighted by molar-refractivity contribution is 5.95. The fraction of sp³-hybridized carbons (Fsp3) is 0.529. The van der Waals surface area contributed by atoms with E-state index >= 15 is 0 Å². The number of carbonyl (C=O) groups is 2. The minimum atomic E-state index is -0.333. The van der Waals surface area contributed by atoms with Crippen LogP contribution in [0.5, 0.6) is 0 Å². The third kappa shape index (κ3) is 2.99. The number of rotatable bonds is 2. The van der Waals surface area contributed by atoms with Gasteiger partial charge in [-0.1, -0.05) is 6.07 Å². The lowest BCUT2D eigenvalue weighted by atomic mass is 10.0. The SMILES string of the molecule is CN1CCN(C(=O)c2ccc3c(c2)CCC3)CC(C(N)=O)C1. The molecule has 1 aliphatic carbocycles. The monoisotopic (exact) mass is 301 g/mol. The predicted octanol–water partition coefficient (Wildman–Crippen LogP) is 0.664. The molecule has 0 radical (unpaired) electrons. The summed E-state index contributed by atoms with van der Waals surface area (Å²) in [6, 6.07) is 6.02. The standard InChI is InChI=1S/C17H23N3O2/c1-19-7-8-20(11-15(10-19)16(18)21)17(22)14-6-5-12-3-2-4-13(12)9-14/h5-6,9,15H,2-4,7-8,10-11H2,1H3,(H2,18,21). The Bertz CT molecular complexity index is 600. The number of nitrogens with two attached hydrogens (primary N) is 1. The van der Waals surface area contributed by atoms with Gasteiger partial charge in [-0.2, -0.15) is 0 Å². The molecule has 1 unspecified atom stereocenters. The Morgan fingerprint density at radius 3 is 2.68 bits per heavy atom. The highest BCUT2D eigenvalue weighted by Gasteiger charge is 2.28. The summed E-state index contributed by atoms with van der Waals surface area (Å²) in [5.74, 6) is -0.623. The van der Waals surface area contributed by atoms with Crippen LogP contribution in [0.4, 0.5) is 0 Å². The van der Waals surface area contributed by atoms with Crippen molar-refractivity contribution in [2.24, 2.45) is 11.7 Å².